The van der Waals surface area contributed by atoms with Gasteiger partial charge in [-0.05, 0) is 109 Å². The Labute approximate surface area is 472 Å². The van der Waals surface area contributed by atoms with Crippen molar-refractivity contribution in [1.29, 1.82) is 0 Å². The van der Waals surface area contributed by atoms with E-state index in [9.17, 15) is 14.4 Å². The fourth-order valence-electron chi connectivity index (χ4n) is 9.48. The summed E-state index contributed by atoms with van der Waals surface area (Å²) >= 11 is 0. The Morgan fingerprint density at radius 1 is 0.276 bits per heavy atom. The highest BCUT2D eigenvalue weighted by Gasteiger charge is 2.19. The van der Waals surface area contributed by atoms with Crippen molar-refractivity contribution in [3.8, 4) is 0 Å². The lowest BCUT2D eigenvalue weighted by Gasteiger charge is -2.18. The van der Waals surface area contributed by atoms with Crippen LogP contribution in [0.25, 0.3) is 0 Å². The monoisotopic (exact) mass is 1060 g/mol. The first-order valence-corrected chi connectivity index (χ1v) is 32.9. The van der Waals surface area contributed by atoms with Crippen LogP contribution in [0.2, 0.25) is 0 Å². The average molecular weight is 1060 g/mol. The normalized spacial score (nSPS) is 12.5. The van der Waals surface area contributed by atoms with Crippen LogP contribution in [0.5, 0.6) is 0 Å². The zero-order chi connectivity index (χ0) is 55.0. The standard InChI is InChI=1S/C70H124O6/c1-4-7-10-13-16-19-22-25-28-31-34-35-37-39-42-45-48-51-54-57-60-63-69(72)75-66-67(65-74-68(71)62-59-56-53-50-47-44-41-38-33-30-27-24-21-18-15-12-9-6-3)76-70(73)64-61-58-55-52-49-46-43-40-36-32-29-26-23-20-17-14-11-8-5-2/h7,10,16,19,25-26,28-30,33-35,67H,4-6,8-9,11-15,17-18,20-24,27,31-32,36-66H2,1-3H3/b10-7-,19-16-,28-25-,29-26-,33-30-,35-34-. The molecule has 0 heterocycles. The van der Waals surface area contributed by atoms with E-state index in [1.54, 1.807) is 0 Å². The summed E-state index contributed by atoms with van der Waals surface area (Å²) in [5.41, 5.74) is 0. The molecule has 76 heavy (non-hydrogen) atoms. The first kappa shape index (κ1) is 72.8. The Balaban J connectivity index is 4.38. The third-order valence-electron chi connectivity index (χ3n) is 14.4. The van der Waals surface area contributed by atoms with Gasteiger partial charge in [-0.2, -0.15) is 0 Å². The molecule has 0 saturated heterocycles. The van der Waals surface area contributed by atoms with Crippen LogP contribution in [0.1, 0.15) is 335 Å². The largest absolute Gasteiger partial charge is 0.462 e. The molecule has 0 spiro atoms. The highest BCUT2D eigenvalue weighted by Crippen LogP contribution is 2.16. The highest BCUT2D eigenvalue weighted by molar-refractivity contribution is 5.71. The predicted octanol–water partition coefficient (Wildman–Crippen LogP) is 22.5. The Bertz CT molecular complexity index is 1400. The van der Waals surface area contributed by atoms with Gasteiger partial charge in [0.15, 0.2) is 6.10 Å². The number of hydrogen-bond donors (Lipinski definition) is 0. The molecule has 0 bridgehead atoms. The lowest BCUT2D eigenvalue weighted by Crippen LogP contribution is -2.30. The third-order valence-corrected chi connectivity index (χ3v) is 14.4. The molecule has 0 aromatic rings. The topological polar surface area (TPSA) is 78.9 Å². The molecule has 0 amide bonds. The van der Waals surface area contributed by atoms with Crippen LogP contribution < -0.4 is 0 Å². The van der Waals surface area contributed by atoms with Gasteiger partial charge in [0.1, 0.15) is 13.2 Å². The molecule has 0 radical (unpaired) electrons. The van der Waals surface area contributed by atoms with Crippen LogP contribution in [0, 0.1) is 0 Å². The molecule has 0 fully saturated rings. The summed E-state index contributed by atoms with van der Waals surface area (Å²) < 4.78 is 17.0. The Morgan fingerprint density at radius 3 is 0.816 bits per heavy atom. The van der Waals surface area contributed by atoms with E-state index in [0.717, 1.165) is 89.9 Å². The van der Waals surface area contributed by atoms with Crippen molar-refractivity contribution in [2.24, 2.45) is 0 Å². The lowest BCUT2D eigenvalue weighted by molar-refractivity contribution is -0.167. The summed E-state index contributed by atoms with van der Waals surface area (Å²) in [6.45, 7) is 6.56. The van der Waals surface area contributed by atoms with Crippen LogP contribution in [0.15, 0.2) is 72.9 Å². The van der Waals surface area contributed by atoms with E-state index in [1.165, 1.54) is 205 Å². The molecule has 0 N–H and O–H groups in total. The summed E-state index contributed by atoms with van der Waals surface area (Å²) in [7, 11) is 0. The summed E-state index contributed by atoms with van der Waals surface area (Å²) in [4.78, 5) is 38.4. The minimum absolute atomic E-state index is 0.0791. The molecule has 0 aliphatic heterocycles. The van der Waals surface area contributed by atoms with Gasteiger partial charge in [-0.25, -0.2) is 0 Å². The number of carbonyl (C=O) groups is 3. The molecule has 0 rings (SSSR count). The van der Waals surface area contributed by atoms with E-state index in [-0.39, 0.29) is 31.1 Å². The van der Waals surface area contributed by atoms with Crippen LogP contribution in [0.4, 0.5) is 0 Å². The van der Waals surface area contributed by atoms with Crippen molar-refractivity contribution in [3.05, 3.63) is 72.9 Å². The second-order valence-electron chi connectivity index (χ2n) is 22.0. The van der Waals surface area contributed by atoms with E-state index in [4.69, 9.17) is 14.2 Å². The molecule has 0 saturated carbocycles. The second-order valence-corrected chi connectivity index (χ2v) is 22.0. The fraction of sp³-hybridized carbons (Fsp3) is 0.786. The number of unbranched alkanes of at least 4 members (excludes halogenated alkanes) is 37. The summed E-state index contributed by atoms with van der Waals surface area (Å²) in [6, 6.07) is 0. The van der Waals surface area contributed by atoms with Crippen molar-refractivity contribution in [2.75, 3.05) is 13.2 Å². The Morgan fingerprint density at radius 2 is 0.513 bits per heavy atom. The van der Waals surface area contributed by atoms with Gasteiger partial charge >= 0.3 is 17.9 Å². The molecule has 0 aliphatic rings. The van der Waals surface area contributed by atoms with Gasteiger partial charge in [0, 0.05) is 19.3 Å². The van der Waals surface area contributed by atoms with Crippen molar-refractivity contribution >= 4 is 17.9 Å². The SMILES string of the molecule is CC/C=C\C/C=C\C/C=C\C/C=C\CCCCCCCCCCC(=O)OCC(COC(=O)CCCCCCCCC/C=C\CCCCCCCCC)OC(=O)CCCCCCCCCCC/C=C\CCCCCCCC. The highest BCUT2D eigenvalue weighted by atomic mass is 16.6. The van der Waals surface area contributed by atoms with E-state index in [2.05, 4.69) is 93.7 Å². The van der Waals surface area contributed by atoms with E-state index < -0.39 is 6.10 Å². The number of allylic oxidation sites excluding steroid dienone is 12. The molecule has 6 heteroatoms. The molecule has 6 nitrogen and oxygen atoms in total. The number of carbonyl (C=O) groups excluding carboxylic acids is 3. The maximum Gasteiger partial charge on any atom is 0.306 e. The van der Waals surface area contributed by atoms with Gasteiger partial charge in [-0.15, -0.1) is 0 Å². The Hall–Kier alpha value is -3.15. The van der Waals surface area contributed by atoms with Crippen LogP contribution in [0.3, 0.4) is 0 Å². The first-order valence-electron chi connectivity index (χ1n) is 32.9. The van der Waals surface area contributed by atoms with Crippen molar-refractivity contribution in [1.82, 2.24) is 0 Å². The maximum absolute atomic E-state index is 12.9. The average Bonchev–Trinajstić information content (AvgIpc) is 3.42. The fourth-order valence-corrected chi connectivity index (χ4v) is 9.48. The minimum Gasteiger partial charge on any atom is -0.462 e. The maximum atomic E-state index is 12.9. The van der Waals surface area contributed by atoms with Crippen LogP contribution in [-0.2, 0) is 28.6 Å². The summed E-state index contributed by atoms with van der Waals surface area (Å²) in [6.07, 6.45) is 83.3. The second kappa shape index (κ2) is 64.4. The van der Waals surface area contributed by atoms with Gasteiger partial charge in [-0.3, -0.25) is 14.4 Å². The molecule has 1 unspecified atom stereocenters. The van der Waals surface area contributed by atoms with Gasteiger partial charge < -0.3 is 14.2 Å². The van der Waals surface area contributed by atoms with Crippen LogP contribution in [-0.4, -0.2) is 37.2 Å². The molecule has 0 aromatic carbocycles. The minimum atomic E-state index is -0.783. The van der Waals surface area contributed by atoms with E-state index in [1.807, 2.05) is 0 Å². The number of rotatable bonds is 60. The van der Waals surface area contributed by atoms with Crippen molar-refractivity contribution in [2.45, 2.75) is 341 Å². The molecular weight excluding hydrogens is 937 g/mol. The molecule has 0 aromatic heterocycles. The van der Waals surface area contributed by atoms with Crippen molar-refractivity contribution in [3.63, 3.8) is 0 Å². The number of hydrogen-bond acceptors (Lipinski definition) is 6. The molecule has 0 aliphatic carbocycles. The zero-order valence-electron chi connectivity index (χ0n) is 50.5. The van der Waals surface area contributed by atoms with Gasteiger partial charge in [0.2, 0.25) is 0 Å². The predicted molar refractivity (Wildman–Crippen MR) is 330 cm³/mol. The van der Waals surface area contributed by atoms with Crippen molar-refractivity contribution < 1.29 is 28.6 Å². The lowest BCUT2D eigenvalue weighted by atomic mass is 10.1. The zero-order valence-corrected chi connectivity index (χ0v) is 50.5. The molecule has 1 atom stereocenters. The Kier molecular flexibility index (Phi) is 61.7. The quantitative estimate of drug-likeness (QED) is 0.0261. The first-order chi connectivity index (χ1) is 37.5. The number of ether oxygens (including phenoxy) is 3. The third kappa shape index (κ3) is 61.7. The van der Waals surface area contributed by atoms with Gasteiger partial charge in [0.05, 0.1) is 0 Å². The smallest absolute Gasteiger partial charge is 0.306 e. The summed E-state index contributed by atoms with van der Waals surface area (Å²) in [5.74, 6) is -0.876. The van der Waals surface area contributed by atoms with E-state index >= 15 is 0 Å². The van der Waals surface area contributed by atoms with Gasteiger partial charge in [-0.1, -0.05) is 280 Å². The van der Waals surface area contributed by atoms with Crippen LogP contribution >= 0.6 is 0 Å². The summed E-state index contributed by atoms with van der Waals surface area (Å²) in [5, 5.41) is 0. The number of esters is 3. The van der Waals surface area contributed by atoms with Gasteiger partial charge in [0.25, 0.3) is 0 Å². The van der Waals surface area contributed by atoms with E-state index in [0.29, 0.717) is 19.3 Å². The molecular formula is C70H124O6. The molecule has 440 valence electrons.